The molecule has 0 N–H and O–H groups in total. The summed E-state index contributed by atoms with van der Waals surface area (Å²) in [4.78, 5) is 25.7. The van der Waals surface area contributed by atoms with Crippen molar-refractivity contribution in [2.24, 2.45) is 7.05 Å². The van der Waals surface area contributed by atoms with E-state index in [9.17, 15) is 4.79 Å². The maximum Gasteiger partial charge on any atom is 0.159 e. The third-order valence-electron chi connectivity index (χ3n) is 5.40. The van der Waals surface area contributed by atoms with Crippen molar-refractivity contribution in [2.45, 2.75) is 20.4 Å². The summed E-state index contributed by atoms with van der Waals surface area (Å²) in [6, 6.07) is 7.62. The second-order valence-corrected chi connectivity index (χ2v) is 7.54. The third kappa shape index (κ3) is 4.19. The Morgan fingerprint density at radius 2 is 1.86 bits per heavy atom. The van der Waals surface area contributed by atoms with Crippen molar-refractivity contribution < 1.29 is 4.79 Å². The van der Waals surface area contributed by atoms with E-state index < -0.39 is 0 Å². The topological polar surface area (TPSA) is 67.2 Å². The van der Waals surface area contributed by atoms with Gasteiger partial charge >= 0.3 is 0 Å². The molecule has 1 aliphatic heterocycles. The van der Waals surface area contributed by atoms with Gasteiger partial charge in [0.15, 0.2) is 11.6 Å². The number of nitrogens with zero attached hydrogens (tertiary/aromatic N) is 6. The molecule has 7 nitrogen and oxygen atoms in total. The summed E-state index contributed by atoms with van der Waals surface area (Å²) in [5, 5.41) is 4.44. The van der Waals surface area contributed by atoms with Crippen LogP contribution >= 0.6 is 0 Å². The van der Waals surface area contributed by atoms with Gasteiger partial charge in [-0.05, 0) is 19.9 Å². The molecule has 1 aromatic carbocycles. The summed E-state index contributed by atoms with van der Waals surface area (Å²) in [5.41, 5.74) is 4.82. The molecule has 2 aromatic heterocycles. The van der Waals surface area contributed by atoms with E-state index in [0.29, 0.717) is 5.56 Å². The maximum atomic E-state index is 11.8. The van der Waals surface area contributed by atoms with Crippen LogP contribution in [0, 0.1) is 6.92 Å². The van der Waals surface area contributed by atoms with Crippen molar-refractivity contribution in [1.29, 1.82) is 0 Å². The molecule has 1 saturated heterocycles. The van der Waals surface area contributed by atoms with Crippen LogP contribution in [0.3, 0.4) is 0 Å². The minimum atomic E-state index is 0.0524. The van der Waals surface area contributed by atoms with E-state index in [1.807, 2.05) is 36.0 Å². The van der Waals surface area contributed by atoms with Gasteiger partial charge in [0, 0.05) is 75.1 Å². The Hall–Kier alpha value is -3.06. The van der Waals surface area contributed by atoms with E-state index in [1.165, 1.54) is 5.56 Å². The highest BCUT2D eigenvalue weighted by atomic mass is 16.1. The molecule has 3 aromatic rings. The van der Waals surface area contributed by atoms with Crippen LogP contribution in [0.5, 0.6) is 0 Å². The number of Topliss-reactive ketones (excluding diaryl/α,β-unsaturated/α-hetero) is 1. The fourth-order valence-corrected chi connectivity index (χ4v) is 3.81. The zero-order valence-electron chi connectivity index (χ0n) is 17.2. The van der Waals surface area contributed by atoms with E-state index >= 15 is 0 Å². The van der Waals surface area contributed by atoms with Crippen LogP contribution in [0.1, 0.15) is 28.5 Å². The molecule has 0 spiro atoms. The van der Waals surface area contributed by atoms with Gasteiger partial charge in [0.1, 0.15) is 5.69 Å². The number of aryl methyl sites for hydroxylation is 2. The van der Waals surface area contributed by atoms with Crippen LogP contribution in [0.25, 0.3) is 11.3 Å². The number of hydrogen-bond donors (Lipinski definition) is 0. The van der Waals surface area contributed by atoms with Crippen molar-refractivity contribution in [2.75, 3.05) is 31.1 Å². The number of carbonyl (C=O) groups is 1. The molecule has 1 fully saturated rings. The Kier molecular flexibility index (Phi) is 5.40. The average Bonchev–Trinajstić information content (AvgIpc) is 3.05. The normalized spacial score (nSPS) is 14.9. The van der Waals surface area contributed by atoms with Gasteiger partial charge in [-0.3, -0.25) is 19.4 Å². The minimum Gasteiger partial charge on any atom is -0.352 e. The number of carbonyl (C=O) groups excluding carboxylic acids is 1. The van der Waals surface area contributed by atoms with Crippen molar-refractivity contribution in [3.63, 3.8) is 0 Å². The molecule has 29 heavy (non-hydrogen) atoms. The molecule has 7 heteroatoms. The minimum absolute atomic E-state index is 0.0524. The van der Waals surface area contributed by atoms with Gasteiger partial charge in [0.25, 0.3) is 0 Å². The number of benzene rings is 1. The molecule has 150 valence electrons. The maximum absolute atomic E-state index is 11.8. The van der Waals surface area contributed by atoms with Crippen LogP contribution in [-0.2, 0) is 13.6 Å². The fraction of sp³-hybridized carbons (Fsp3) is 0.364. The zero-order valence-corrected chi connectivity index (χ0v) is 17.2. The Balaban J connectivity index is 1.50. The van der Waals surface area contributed by atoms with Gasteiger partial charge in [0.2, 0.25) is 0 Å². The second-order valence-electron chi connectivity index (χ2n) is 7.54. The summed E-state index contributed by atoms with van der Waals surface area (Å²) in [6.07, 6.45) is 5.55. The Morgan fingerprint density at radius 3 is 2.55 bits per heavy atom. The molecular formula is C22H26N6O. The number of anilines is 1. The van der Waals surface area contributed by atoms with E-state index in [-0.39, 0.29) is 5.78 Å². The van der Waals surface area contributed by atoms with Gasteiger partial charge in [-0.1, -0.05) is 18.2 Å². The molecular weight excluding hydrogens is 364 g/mol. The predicted octanol–water partition coefficient (Wildman–Crippen LogP) is 2.71. The molecule has 0 amide bonds. The molecule has 0 bridgehead atoms. The molecule has 4 rings (SSSR count). The molecule has 0 unspecified atom stereocenters. The highest BCUT2D eigenvalue weighted by molar-refractivity contribution is 5.95. The summed E-state index contributed by atoms with van der Waals surface area (Å²) in [7, 11) is 1.96. The summed E-state index contributed by atoms with van der Waals surface area (Å²) in [5.74, 6) is 0.932. The number of aromatic nitrogens is 4. The molecule has 3 heterocycles. The van der Waals surface area contributed by atoms with Gasteiger partial charge in [-0.2, -0.15) is 5.10 Å². The molecule has 0 radical (unpaired) electrons. The van der Waals surface area contributed by atoms with Gasteiger partial charge in [-0.25, -0.2) is 4.98 Å². The molecule has 0 aliphatic carbocycles. The van der Waals surface area contributed by atoms with Crippen molar-refractivity contribution in [3.05, 3.63) is 59.7 Å². The van der Waals surface area contributed by atoms with E-state index in [1.54, 1.807) is 19.3 Å². The van der Waals surface area contributed by atoms with Crippen molar-refractivity contribution in [1.82, 2.24) is 24.6 Å². The number of hydrogen-bond acceptors (Lipinski definition) is 6. The van der Waals surface area contributed by atoms with E-state index in [0.717, 1.165) is 55.5 Å². The smallest absolute Gasteiger partial charge is 0.159 e. The molecule has 0 saturated carbocycles. The largest absolute Gasteiger partial charge is 0.352 e. The van der Waals surface area contributed by atoms with Crippen LogP contribution in [-0.4, -0.2) is 56.6 Å². The van der Waals surface area contributed by atoms with Crippen molar-refractivity contribution >= 4 is 11.6 Å². The third-order valence-corrected chi connectivity index (χ3v) is 5.40. The fourth-order valence-electron chi connectivity index (χ4n) is 3.81. The summed E-state index contributed by atoms with van der Waals surface area (Å²) in [6.45, 7) is 8.25. The first-order valence-corrected chi connectivity index (χ1v) is 9.90. The quantitative estimate of drug-likeness (QED) is 0.624. The van der Waals surface area contributed by atoms with Crippen LogP contribution in [0.2, 0.25) is 0 Å². The zero-order chi connectivity index (χ0) is 20.4. The van der Waals surface area contributed by atoms with Crippen molar-refractivity contribution in [3.8, 4) is 11.3 Å². The molecule has 0 atom stereocenters. The SMILES string of the molecule is CC(=O)c1cccc(-c2nccnc2N2CCN(Cc3cn(C)nc3C)CC2)c1. The number of ketones is 1. The first kappa shape index (κ1) is 19.3. The Bertz CT molecular complexity index is 1020. The van der Waals surface area contributed by atoms with Crippen LogP contribution in [0.15, 0.2) is 42.9 Å². The highest BCUT2D eigenvalue weighted by Gasteiger charge is 2.22. The predicted molar refractivity (Wildman–Crippen MR) is 113 cm³/mol. The molecule has 1 aliphatic rings. The van der Waals surface area contributed by atoms with Crippen LogP contribution < -0.4 is 4.90 Å². The number of rotatable bonds is 5. The van der Waals surface area contributed by atoms with E-state index in [2.05, 4.69) is 38.0 Å². The second kappa shape index (κ2) is 8.13. The first-order valence-electron chi connectivity index (χ1n) is 9.90. The lowest BCUT2D eigenvalue weighted by atomic mass is 10.1. The Morgan fingerprint density at radius 1 is 1.10 bits per heavy atom. The van der Waals surface area contributed by atoms with Gasteiger partial charge in [-0.15, -0.1) is 0 Å². The standard InChI is InChI=1S/C22H26N6O/c1-16-20(14-26(3)25-16)15-27-9-11-28(12-10-27)22-21(23-7-8-24-22)19-6-4-5-18(13-19)17(2)29/h4-8,13-14H,9-12,15H2,1-3H3. The lowest BCUT2D eigenvalue weighted by molar-refractivity contribution is 0.101. The van der Waals surface area contributed by atoms with E-state index in [4.69, 9.17) is 0 Å². The lowest BCUT2D eigenvalue weighted by Crippen LogP contribution is -2.46. The number of piperazine rings is 1. The summed E-state index contributed by atoms with van der Waals surface area (Å²) < 4.78 is 1.88. The van der Waals surface area contributed by atoms with Crippen LogP contribution in [0.4, 0.5) is 5.82 Å². The Labute approximate surface area is 171 Å². The monoisotopic (exact) mass is 390 g/mol. The average molecular weight is 390 g/mol. The first-order chi connectivity index (χ1) is 14.0. The van der Waals surface area contributed by atoms with Gasteiger partial charge in [0.05, 0.1) is 5.69 Å². The van der Waals surface area contributed by atoms with Gasteiger partial charge < -0.3 is 4.90 Å². The highest BCUT2D eigenvalue weighted by Crippen LogP contribution is 2.28. The summed E-state index contributed by atoms with van der Waals surface area (Å²) >= 11 is 0. The lowest BCUT2D eigenvalue weighted by Gasteiger charge is -2.35.